The van der Waals surface area contributed by atoms with E-state index in [1.165, 1.54) is 9.58 Å². The Balaban J connectivity index is 1.72. The molecule has 0 spiro atoms. The van der Waals surface area contributed by atoms with E-state index in [1.54, 1.807) is 32.4 Å². The highest BCUT2D eigenvalue weighted by Crippen LogP contribution is 2.13. The molecule has 23 heavy (non-hydrogen) atoms. The van der Waals surface area contributed by atoms with Gasteiger partial charge in [0.15, 0.2) is 0 Å². The molecule has 1 amide bonds. The van der Waals surface area contributed by atoms with Gasteiger partial charge in [0.25, 0.3) is 5.91 Å². The predicted octanol–water partition coefficient (Wildman–Crippen LogP) is 1.19. The maximum atomic E-state index is 12.2. The van der Waals surface area contributed by atoms with E-state index in [-0.39, 0.29) is 23.5 Å². The Hall–Kier alpha value is -2.81. The van der Waals surface area contributed by atoms with Gasteiger partial charge in [-0.05, 0) is 23.7 Å². The molecule has 118 valence electrons. The molecule has 0 fully saturated rings. The Bertz CT molecular complexity index is 810. The Morgan fingerprint density at radius 3 is 2.87 bits per heavy atom. The Morgan fingerprint density at radius 2 is 2.22 bits per heavy atom. The van der Waals surface area contributed by atoms with Gasteiger partial charge < -0.3 is 9.42 Å². The van der Waals surface area contributed by atoms with Gasteiger partial charge in [-0.2, -0.15) is 9.97 Å². The molecule has 3 rings (SSSR count). The number of carbonyl (C=O) groups is 1. The van der Waals surface area contributed by atoms with E-state index in [2.05, 4.69) is 25.2 Å². The normalized spacial score (nSPS) is 10.7. The van der Waals surface area contributed by atoms with Gasteiger partial charge in [-0.3, -0.25) is 9.78 Å². The van der Waals surface area contributed by atoms with Crippen LogP contribution in [0.2, 0.25) is 5.28 Å². The number of nitrogens with zero attached hydrogens (tertiary/aromatic N) is 7. The summed E-state index contributed by atoms with van der Waals surface area (Å²) in [6.07, 6.45) is 1.64. The summed E-state index contributed by atoms with van der Waals surface area (Å²) in [4.78, 5) is 25.8. The minimum atomic E-state index is -0.398. The zero-order chi connectivity index (χ0) is 16.4. The molecule has 9 nitrogen and oxygen atoms in total. The van der Waals surface area contributed by atoms with Crippen LogP contribution >= 0.6 is 11.6 Å². The molecule has 3 heterocycles. The van der Waals surface area contributed by atoms with E-state index in [4.69, 9.17) is 16.1 Å². The minimum absolute atomic E-state index is 0.00413. The second-order valence-corrected chi connectivity index (χ2v) is 5.05. The molecule has 0 aliphatic heterocycles. The van der Waals surface area contributed by atoms with Gasteiger partial charge in [-0.15, -0.1) is 5.10 Å². The Labute approximate surface area is 135 Å². The van der Waals surface area contributed by atoms with Crippen LogP contribution < -0.4 is 0 Å². The quantitative estimate of drug-likeness (QED) is 0.706. The third-order valence-electron chi connectivity index (χ3n) is 2.98. The van der Waals surface area contributed by atoms with Crippen molar-refractivity contribution in [3.05, 3.63) is 41.4 Å². The molecule has 0 aromatic carbocycles. The van der Waals surface area contributed by atoms with Crippen molar-refractivity contribution in [1.82, 2.24) is 34.8 Å². The summed E-state index contributed by atoms with van der Waals surface area (Å²) >= 11 is 5.78. The van der Waals surface area contributed by atoms with Crippen LogP contribution in [0.25, 0.3) is 11.5 Å². The molecule has 10 heteroatoms. The molecule has 0 saturated carbocycles. The third kappa shape index (κ3) is 3.19. The van der Waals surface area contributed by atoms with Crippen LogP contribution in [-0.4, -0.2) is 47.7 Å². The highest BCUT2D eigenvalue weighted by atomic mass is 35.5. The average molecular weight is 334 g/mol. The van der Waals surface area contributed by atoms with Crippen LogP contribution in [0, 0.1) is 0 Å². The average Bonchev–Trinajstić information content (AvgIpc) is 3.15. The van der Waals surface area contributed by atoms with Crippen molar-refractivity contribution in [2.45, 2.75) is 6.54 Å². The molecule has 3 aromatic rings. The van der Waals surface area contributed by atoms with Crippen molar-refractivity contribution in [1.29, 1.82) is 0 Å². The summed E-state index contributed by atoms with van der Waals surface area (Å²) in [5, 5.41) is 7.91. The van der Waals surface area contributed by atoms with Crippen LogP contribution in [0.15, 0.2) is 28.9 Å². The second-order valence-electron chi connectivity index (χ2n) is 4.72. The lowest BCUT2D eigenvalue weighted by atomic mass is 10.3. The summed E-state index contributed by atoms with van der Waals surface area (Å²) in [5.41, 5.74) is 0.592. The standard InChI is InChI=1S/C13H12ClN7O2/c1-20(12(22)11-17-13(14)21(2)18-11)7-9-16-10(19-23-9)8-5-3-4-6-15-8/h3-6H,7H2,1-2H3. The van der Waals surface area contributed by atoms with Gasteiger partial charge >= 0.3 is 0 Å². The number of hydrogen-bond donors (Lipinski definition) is 0. The maximum Gasteiger partial charge on any atom is 0.293 e. The molecule has 0 aliphatic carbocycles. The molecule has 3 aromatic heterocycles. The molecule has 0 saturated heterocycles. The van der Waals surface area contributed by atoms with Crippen molar-refractivity contribution in [3.8, 4) is 11.5 Å². The SMILES string of the molecule is CN(Cc1nc(-c2ccccn2)no1)C(=O)c1nc(Cl)n(C)n1. The molecule has 0 unspecified atom stereocenters. The number of aryl methyl sites for hydroxylation is 1. The van der Waals surface area contributed by atoms with Crippen molar-refractivity contribution in [3.63, 3.8) is 0 Å². The van der Waals surface area contributed by atoms with Crippen molar-refractivity contribution < 1.29 is 9.32 Å². The van der Waals surface area contributed by atoms with E-state index >= 15 is 0 Å². The number of carbonyl (C=O) groups excluding carboxylic acids is 1. The zero-order valence-electron chi connectivity index (χ0n) is 12.3. The van der Waals surface area contributed by atoms with E-state index in [1.807, 2.05) is 6.07 Å². The highest BCUT2D eigenvalue weighted by molar-refractivity contribution is 6.28. The van der Waals surface area contributed by atoms with Gasteiger partial charge in [-0.1, -0.05) is 11.2 Å². The second kappa shape index (κ2) is 6.13. The van der Waals surface area contributed by atoms with Crippen molar-refractivity contribution in [2.75, 3.05) is 7.05 Å². The lowest BCUT2D eigenvalue weighted by Crippen LogP contribution is -2.27. The highest BCUT2D eigenvalue weighted by Gasteiger charge is 2.20. The van der Waals surface area contributed by atoms with Crippen molar-refractivity contribution in [2.24, 2.45) is 7.05 Å². The topological polar surface area (TPSA) is 103 Å². The van der Waals surface area contributed by atoms with E-state index in [0.29, 0.717) is 11.5 Å². The van der Waals surface area contributed by atoms with Crippen LogP contribution in [0.3, 0.4) is 0 Å². The summed E-state index contributed by atoms with van der Waals surface area (Å²) in [7, 11) is 3.18. The summed E-state index contributed by atoms with van der Waals surface area (Å²) in [6, 6.07) is 5.38. The van der Waals surface area contributed by atoms with Crippen LogP contribution in [0.5, 0.6) is 0 Å². The largest absolute Gasteiger partial charge is 0.337 e. The number of pyridine rings is 1. The first kappa shape index (κ1) is 15.1. The van der Waals surface area contributed by atoms with Gasteiger partial charge in [-0.25, -0.2) is 4.68 Å². The monoisotopic (exact) mass is 333 g/mol. The van der Waals surface area contributed by atoms with Gasteiger partial charge in [0.1, 0.15) is 12.2 Å². The van der Waals surface area contributed by atoms with Gasteiger partial charge in [0, 0.05) is 20.3 Å². The molecule has 0 aliphatic rings. The number of halogens is 1. The summed E-state index contributed by atoms with van der Waals surface area (Å²) < 4.78 is 6.45. The van der Waals surface area contributed by atoms with Crippen molar-refractivity contribution >= 4 is 17.5 Å². The lowest BCUT2D eigenvalue weighted by molar-refractivity contribution is 0.0757. The number of amides is 1. The maximum absolute atomic E-state index is 12.2. The van der Waals surface area contributed by atoms with E-state index in [0.717, 1.165) is 0 Å². The summed E-state index contributed by atoms with van der Waals surface area (Å²) in [5.74, 6) is 0.249. The van der Waals surface area contributed by atoms with Crippen LogP contribution in [0.1, 0.15) is 16.5 Å². The van der Waals surface area contributed by atoms with E-state index < -0.39 is 5.91 Å². The first-order chi connectivity index (χ1) is 11.0. The van der Waals surface area contributed by atoms with Gasteiger partial charge in [0.2, 0.25) is 22.8 Å². The minimum Gasteiger partial charge on any atom is -0.337 e. The fraction of sp³-hybridized carbons (Fsp3) is 0.231. The Kier molecular flexibility index (Phi) is 4.02. The fourth-order valence-corrected chi connectivity index (χ4v) is 1.94. The lowest BCUT2D eigenvalue weighted by Gasteiger charge is -2.11. The third-order valence-corrected chi connectivity index (χ3v) is 3.31. The number of aromatic nitrogens is 6. The molecule has 0 atom stereocenters. The first-order valence-corrected chi connectivity index (χ1v) is 6.98. The smallest absolute Gasteiger partial charge is 0.293 e. The number of rotatable bonds is 4. The number of hydrogen-bond acceptors (Lipinski definition) is 7. The van der Waals surface area contributed by atoms with Gasteiger partial charge in [0.05, 0.1) is 0 Å². The zero-order valence-corrected chi connectivity index (χ0v) is 13.1. The fourth-order valence-electron chi connectivity index (χ4n) is 1.82. The van der Waals surface area contributed by atoms with Crippen LogP contribution in [0.4, 0.5) is 0 Å². The molecule has 0 N–H and O–H groups in total. The molecule has 0 bridgehead atoms. The first-order valence-electron chi connectivity index (χ1n) is 6.60. The molecular weight excluding hydrogens is 322 g/mol. The Morgan fingerprint density at radius 1 is 1.39 bits per heavy atom. The van der Waals surface area contributed by atoms with Crippen LogP contribution in [-0.2, 0) is 13.6 Å². The summed E-state index contributed by atoms with van der Waals surface area (Å²) in [6.45, 7) is 0.120. The predicted molar refractivity (Wildman–Crippen MR) is 79.3 cm³/mol. The molecular formula is C13H12ClN7O2. The molecule has 0 radical (unpaired) electrons. The van der Waals surface area contributed by atoms with E-state index in [9.17, 15) is 4.79 Å².